The summed E-state index contributed by atoms with van der Waals surface area (Å²) < 4.78 is 0. The van der Waals surface area contributed by atoms with Gasteiger partial charge in [0.1, 0.15) is 0 Å². The second kappa shape index (κ2) is 5.34. The molecule has 1 saturated heterocycles. The molecule has 5 heteroatoms. The lowest BCUT2D eigenvalue weighted by atomic mass is 10.1. The van der Waals surface area contributed by atoms with Gasteiger partial charge in [-0.2, -0.15) is 0 Å². The molecule has 0 radical (unpaired) electrons. The molecule has 1 aliphatic heterocycles. The number of hydrogen-bond acceptors (Lipinski definition) is 4. The Kier molecular flexibility index (Phi) is 3.54. The lowest BCUT2D eigenvalue weighted by Gasteiger charge is -2.12. The molecular weight excluding hydrogens is 270 g/mol. The summed E-state index contributed by atoms with van der Waals surface area (Å²) in [6.45, 7) is 3.31. The van der Waals surface area contributed by atoms with E-state index in [0.29, 0.717) is 19.5 Å². The molecule has 2 aromatic rings. The van der Waals surface area contributed by atoms with Crippen LogP contribution < -0.4 is 10.6 Å². The molecular formula is C15H17N3OS. The molecule has 1 aliphatic rings. The third kappa shape index (κ3) is 2.34. The van der Waals surface area contributed by atoms with Crippen molar-refractivity contribution in [2.45, 2.75) is 13.3 Å². The van der Waals surface area contributed by atoms with E-state index in [1.54, 1.807) is 4.90 Å². The van der Waals surface area contributed by atoms with E-state index in [2.05, 4.69) is 24.0 Å². The van der Waals surface area contributed by atoms with Crippen LogP contribution in [0.3, 0.4) is 0 Å². The number of hydrogen-bond donors (Lipinski definition) is 1. The molecule has 3 rings (SSSR count). The quantitative estimate of drug-likeness (QED) is 0.943. The van der Waals surface area contributed by atoms with Crippen LogP contribution in [0.1, 0.15) is 12.0 Å². The number of benzene rings is 1. The van der Waals surface area contributed by atoms with Gasteiger partial charge < -0.3 is 5.73 Å². The smallest absolute Gasteiger partial charge is 0.229 e. The lowest BCUT2D eigenvalue weighted by molar-refractivity contribution is -0.117. The third-order valence-electron chi connectivity index (χ3n) is 3.68. The minimum absolute atomic E-state index is 0.131. The molecule has 0 bridgehead atoms. The highest BCUT2D eigenvalue weighted by Crippen LogP contribution is 2.32. The molecule has 104 valence electrons. The van der Waals surface area contributed by atoms with Gasteiger partial charge in [-0.1, -0.05) is 24.3 Å². The SMILES string of the molecule is Cc1ccccc1-c1csc(N2CC(CN)CC2=O)n1. The normalized spacial score (nSPS) is 18.8. The van der Waals surface area contributed by atoms with Gasteiger partial charge in [-0.25, -0.2) is 4.98 Å². The maximum Gasteiger partial charge on any atom is 0.229 e. The Bertz CT molecular complexity index is 638. The van der Waals surface area contributed by atoms with Crippen LogP contribution in [0, 0.1) is 12.8 Å². The molecule has 2 N–H and O–H groups in total. The largest absolute Gasteiger partial charge is 0.330 e. The number of rotatable bonds is 3. The van der Waals surface area contributed by atoms with Crippen molar-refractivity contribution >= 4 is 22.4 Å². The van der Waals surface area contributed by atoms with Crippen LogP contribution >= 0.6 is 11.3 Å². The summed E-state index contributed by atoms with van der Waals surface area (Å²) in [6, 6.07) is 8.15. The summed E-state index contributed by atoms with van der Waals surface area (Å²) in [5.74, 6) is 0.388. The predicted molar refractivity (Wildman–Crippen MR) is 81.8 cm³/mol. The Morgan fingerprint density at radius 3 is 2.95 bits per heavy atom. The van der Waals surface area contributed by atoms with Gasteiger partial charge in [-0.05, 0) is 24.9 Å². The minimum atomic E-state index is 0.131. The summed E-state index contributed by atoms with van der Waals surface area (Å²) in [4.78, 5) is 18.4. The van der Waals surface area contributed by atoms with Crippen molar-refractivity contribution in [2.24, 2.45) is 11.7 Å². The summed E-state index contributed by atoms with van der Waals surface area (Å²) in [5, 5.41) is 2.80. The Morgan fingerprint density at radius 2 is 2.25 bits per heavy atom. The van der Waals surface area contributed by atoms with E-state index in [1.807, 2.05) is 17.5 Å². The van der Waals surface area contributed by atoms with Gasteiger partial charge in [0, 0.05) is 23.9 Å². The second-order valence-corrected chi connectivity index (χ2v) is 5.98. The van der Waals surface area contributed by atoms with Crippen molar-refractivity contribution < 1.29 is 4.79 Å². The van der Waals surface area contributed by atoms with E-state index in [1.165, 1.54) is 16.9 Å². The molecule has 1 amide bonds. The molecule has 20 heavy (non-hydrogen) atoms. The van der Waals surface area contributed by atoms with Crippen LogP contribution in [0.15, 0.2) is 29.6 Å². The number of aromatic nitrogens is 1. The zero-order chi connectivity index (χ0) is 14.1. The fourth-order valence-electron chi connectivity index (χ4n) is 2.50. The first-order chi connectivity index (χ1) is 9.69. The van der Waals surface area contributed by atoms with Crippen molar-refractivity contribution in [3.05, 3.63) is 35.2 Å². The number of aryl methyl sites for hydroxylation is 1. The topological polar surface area (TPSA) is 59.2 Å². The Hall–Kier alpha value is -1.72. The summed E-state index contributed by atoms with van der Waals surface area (Å²) in [6.07, 6.45) is 0.537. The number of amides is 1. The number of carbonyl (C=O) groups excluding carboxylic acids is 1. The molecule has 0 aliphatic carbocycles. The van der Waals surface area contributed by atoms with Crippen molar-refractivity contribution in [1.82, 2.24) is 4.98 Å². The van der Waals surface area contributed by atoms with Crippen molar-refractivity contribution in [2.75, 3.05) is 18.0 Å². The monoisotopic (exact) mass is 287 g/mol. The van der Waals surface area contributed by atoms with Crippen molar-refractivity contribution in [1.29, 1.82) is 0 Å². The van der Waals surface area contributed by atoms with Gasteiger partial charge in [0.25, 0.3) is 0 Å². The van der Waals surface area contributed by atoms with Gasteiger partial charge in [0.05, 0.1) is 5.69 Å². The van der Waals surface area contributed by atoms with Gasteiger partial charge >= 0.3 is 0 Å². The minimum Gasteiger partial charge on any atom is -0.330 e. The molecule has 2 heterocycles. The number of anilines is 1. The maximum atomic E-state index is 12.0. The average Bonchev–Trinajstić information content (AvgIpc) is 3.05. The van der Waals surface area contributed by atoms with Crippen molar-refractivity contribution in [3.8, 4) is 11.3 Å². The Morgan fingerprint density at radius 1 is 1.45 bits per heavy atom. The van der Waals surface area contributed by atoms with E-state index < -0.39 is 0 Å². The fourth-order valence-corrected chi connectivity index (χ4v) is 3.35. The van der Waals surface area contributed by atoms with Gasteiger partial charge in [0.15, 0.2) is 5.13 Å². The maximum absolute atomic E-state index is 12.0. The molecule has 0 spiro atoms. The van der Waals surface area contributed by atoms with Crippen LogP contribution in [0.25, 0.3) is 11.3 Å². The standard InChI is InChI=1S/C15H17N3OS/c1-10-4-2-3-5-12(10)13-9-20-15(17-13)18-8-11(7-16)6-14(18)19/h2-5,9,11H,6-8,16H2,1H3. The molecule has 1 fully saturated rings. The number of nitrogens with zero attached hydrogens (tertiary/aromatic N) is 2. The first kappa shape index (κ1) is 13.3. The highest BCUT2D eigenvalue weighted by atomic mass is 32.1. The van der Waals surface area contributed by atoms with Gasteiger partial charge in [0.2, 0.25) is 5.91 Å². The lowest BCUT2D eigenvalue weighted by Crippen LogP contribution is -2.25. The van der Waals surface area contributed by atoms with Crippen LogP contribution in [0.2, 0.25) is 0 Å². The Labute approximate surface area is 122 Å². The second-order valence-electron chi connectivity index (χ2n) is 5.14. The summed E-state index contributed by atoms with van der Waals surface area (Å²) in [7, 11) is 0. The van der Waals surface area contributed by atoms with E-state index >= 15 is 0 Å². The molecule has 4 nitrogen and oxygen atoms in total. The number of carbonyl (C=O) groups is 1. The highest BCUT2D eigenvalue weighted by Gasteiger charge is 2.31. The van der Waals surface area contributed by atoms with Crippen LogP contribution in [0.5, 0.6) is 0 Å². The van der Waals surface area contributed by atoms with E-state index in [4.69, 9.17) is 5.73 Å². The van der Waals surface area contributed by atoms with Crippen LogP contribution in [-0.2, 0) is 4.79 Å². The van der Waals surface area contributed by atoms with Gasteiger partial charge in [-0.15, -0.1) is 11.3 Å². The summed E-state index contributed by atoms with van der Waals surface area (Å²) in [5.41, 5.74) is 8.91. The molecule has 1 aromatic carbocycles. The first-order valence-corrected chi connectivity index (χ1v) is 7.59. The van der Waals surface area contributed by atoms with Gasteiger partial charge in [-0.3, -0.25) is 9.69 Å². The Balaban J connectivity index is 1.88. The van der Waals surface area contributed by atoms with E-state index in [9.17, 15) is 4.79 Å². The summed E-state index contributed by atoms with van der Waals surface area (Å²) >= 11 is 1.52. The average molecular weight is 287 g/mol. The molecule has 1 atom stereocenters. The predicted octanol–water partition coefficient (Wildman–Crippen LogP) is 2.43. The zero-order valence-corrected chi connectivity index (χ0v) is 12.2. The van der Waals surface area contributed by atoms with Crippen LogP contribution in [-0.4, -0.2) is 24.0 Å². The number of nitrogens with two attached hydrogens (primary N) is 1. The molecule has 0 saturated carbocycles. The van der Waals surface area contributed by atoms with Crippen molar-refractivity contribution in [3.63, 3.8) is 0 Å². The van der Waals surface area contributed by atoms with Crippen LogP contribution in [0.4, 0.5) is 5.13 Å². The third-order valence-corrected chi connectivity index (χ3v) is 4.55. The number of thiazole rings is 1. The molecule has 1 unspecified atom stereocenters. The fraction of sp³-hybridized carbons (Fsp3) is 0.333. The first-order valence-electron chi connectivity index (χ1n) is 6.71. The molecule has 1 aromatic heterocycles. The van der Waals surface area contributed by atoms with E-state index in [-0.39, 0.29) is 11.8 Å². The van der Waals surface area contributed by atoms with E-state index in [0.717, 1.165) is 16.4 Å². The zero-order valence-electron chi connectivity index (χ0n) is 11.4. The highest BCUT2D eigenvalue weighted by molar-refractivity contribution is 7.14.